The number of esters is 1. The molecular formula is C12H16FNO3. The standard InChI is InChI=1S/C12H16FNO3/c1-12(2,14)6-7-4-8(11(16)17-3)10(15)9(13)5-7/h4-5,15H,6,14H2,1-3H3. The quantitative estimate of drug-likeness (QED) is 0.788. The summed E-state index contributed by atoms with van der Waals surface area (Å²) in [6.45, 7) is 3.57. The van der Waals surface area contributed by atoms with Gasteiger partial charge in [-0.1, -0.05) is 0 Å². The van der Waals surface area contributed by atoms with Gasteiger partial charge in [-0.2, -0.15) is 0 Å². The fourth-order valence-corrected chi connectivity index (χ4v) is 1.55. The van der Waals surface area contributed by atoms with E-state index in [0.717, 1.165) is 6.07 Å². The Balaban J connectivity index is 3.19. The number of phenolic OH excluding ortho intramolecular Hbond substituents is 1. The van der Waals surface area contributed by atoms with Gasteiger partial charge in [-0.15, -0.1) is 0 Å². The second-order valence-corrected chi connectivity index (χ2v) is 4.63. The molecule has 1 aromatic rings. The van der Waals surface area contributed by atoms with Gasteiger partial charge in [0.2, 0.25) is 0 Å². The number of nitrogens with two attached hydrogens (primary N) is 1. The maximum absolute atomic E-state index is 13.4. The Labute approximate surface area is 99.2 Å². The molecule has 1 rings (SSSR count). The summed E-state index contributed by atoms with van der Waals surface area (Å²) in [7, 11) is 1.17. The van der Waals surface area contributed by atoms with Crippen LogP contribution in [0.25, 0.3) is 0 Å². The van der Waals surface area contributed by atoms with Crippen molar-refractivity contribution in [1.29, 1.82) is 0 Å². The third-order valence-corrected chi connectivity index (χ3v) is 2.19. The summed E-state index contributed by atoms with van der Waals surface area (Å²) in [6.07, 6.45) is 0.383. The maximum atomic E-state index is 13.4. The third kappa shape index (κ3) is 3.42. The van der Waals surface area contributed by atoms with E-state index in [1.165, 1.54) is 13.2 Å². The van der Waals surface area contributed by atoms with E-state index in [-0.39, 0.29) is 5.56 Å². The molecule has 94 valence electrons. The molecule has 0 heterocycles. The number of hydrogen-bond donors (Lipinski definition) is 2. The first-order chi connectivity index (χ1) is 7.74. The lowest BCUT2D eigenvalue weighted by molar-refractivity contribution is 0.0596. The first-order valence-corrected chi connectivity index (χ1v) is 5.13. The van der Waals surface area contributed by atoms with Crippen molar-refractivity contribution in [3.8, 4) is 5.75 Å². The summed E-state index contributed by atoms with van der Waals surface area (Å²) in [5.41, 5.74) is 5.63. The van der Waals surface area contributed by atoms with Crippen LogP contribution in [0.3, 0.4) is 0 Å². The van der Waals surface area contributed by atoms with Crippen molar-refractivity contribution in [1.82, 2.24) is 0 Å². The molecule has 0 saturated carbocycles. The molecule has 0 fully saturated rings. The SMILES string of the molecule is COC(=O)c1cc(CC(C)(C)N)cc(F)c1O. The summed E-state index contributed by atoms with van der Waals surface area (Å²) in [6, 6.07) is 2.55. The van der Waals surface area contributed by atoms with Crippen molar-refractivity contribution < 1.29 is 19.0 Å². The van der Waals surface area contributed by atoms with Crippen LogP contribution in [0.2, 0.25) is 0 Å². The van der Waals surface area contributed by atoms with Gasteiger partial charge >= 0.3 is 5.97 Å². The fraction of sp³-hybridized carbons (Fsp3) is 0.417. The van der Waals surface area contributed by atoms with Gasteiger partial charge in [-0.3, -0.25) is 0 Å². The molecule has 0 spiro atoms. The Hall–Kier alpha value is -1.62. The van der Waals surface area contributed by atoms with Gasteiger partial charge in [0.15, 0.2) is 11.6 Å². The molecule has 0 aliphatic rings. The van der Waals surface area contributed by atoms with Crippen LogP contribution in [0.1, 0.15) is 29.8 Å². The smallest absolute Gasteiger partial charge is 0.341 e. The minimum atomic E-state index is -0.854. The first-order valence-electron chi connectivity index (χ1n) is 5.13. The molecule has 0 aliphatic carbocycles. The van der Waals surface area contributed by atoms with Crippen LogP contribution in [0.4, 0.5) is 4.39 Å². The van der Waals surface area contributed by atoms with E-state index < -0.39 is 23.1 Å². The first kappa shape index (κ1) is 13.4. The van der Waals surface area contributed by atoms with E-state index in [2.05, 4.69) is 4.74 Å². The molecule has 1 aromatic carbocycles. The summed E-state index contributed by atoms with van der Waals surface area (Å²) in [4.78, 5) is 11.3. The van der Waals surface area contributed by atoms with Gasteiger partial charge in [0.05, 0.1) is 7.11 Å². The Bertz CT molecular complexity index is 438. The Morgan fingerprint density at radius 3 is 2.59 bits per heavy atom. The normalized spacial score (nSPS) is 11.4. The van der Waals surface area contributed by atoms with E-state index in [0.29, 0.717) is 12.0 Å². The lowest BCUT2D eigenvalue weighted by atomic mass is 9.95. The largest absolute Gasteiger partial charge is 0.504 e. The van der Waals surface area contributed by atoms with Crippen LogP contribution in [0.15, 0.2) is 12.1 Å². The van der Waals surface area contributed by atoms with Crippen molar-refractivity contribution in [3.05, 3.63) is 29.1 Å². The van der Waals surface area contributed by atoms with Gasteiger partial charge in [0.1, 0.15) is 5.56 Å². The predicted molar refractivity (Wildman–Crippen MR) is 61.4 cm³/mol. The zero-order valence-corrected chi connectivity index (χ0v) is 10.1. The number of benzene rings is 1. The molecule has 4 nitrogen and oxygen atoms in total. The molecule has 0 aliphatic heterocycles. The number of rotatable bonds is 3. The summed E-state index contributed by atoms with van der Waals surface area (Å²) in [5, 5.41) is 9.41. The highest BCUT2D eigenvalue weighted by molar-refractivity contribution is 5.92. The van der Waals surface area contributed by atoms with E-state index in [1.807, 2.05) is 0 Å². The van der Waals surface area contributed by atoms with Crippen LogP contribution in [-0.4, -0.2) is 23.7 Å². The lowest BCUT2D eigenvalue weighted by Gasteiger charge is -2.19. The van der Waals surface area contributed by atoms with Crippen LogP contribution in [0, 0.1) is 5.82 Å². The molecule has 0 radical (unpaired) electrons. The third-order valence-electron chi connectivity index (χ3n) is 2.19. The highest BCUT2D eigenvalue weighted by Gasteiger charge is 2.19. The minimum Gasteiger partial charge on any atom is -0.504 e. The Kier molecular flexibility index (Phi) is 3.72. The molecule has 0 amide bonds. The zero-order valence-electron chi connectivity index (χ0n) is 10.1. The molecule has 3 N–H and O–H groups in total. The van der Waals surface area contributed by atoms with E-state index in [1.54, 1.807) is 13.8 Å². The Morgan fingerprint density at radius 1 is 1.53 bits per heavy atom. The Morgan fingerprint density at radius 2 is 2.12 bits per heavy atom. The molecule has 0 atom stereocenters. The van der Waals surface area contributed by atoms with Gasteiger partial charge in [-0.05, 0) is 38.0 Å². The predicted octanol–water partition coefficient (Wildman–Crippen LogP) is 1.60. The molecule has 5 heteroatoms. The topological polar surface area (TPSA) is 72.5 Å². The minimum absolute atomic E-state index is 0.188. The highest BCUT2D eigenvalue weighted by atomic mass is 19.1. The second kappa shape index (κ2) is 4.71. The molecule has 0 unspecified atom stereocenters. The summed E-state index contributed by atoms with van der Waals surface area (Å²) < 4.78 is 17.9. The van der Waals surface area contributed by atoms with Crippen molar-refractivity contribution in [2.75, 3.05) is 7.11 Å². The molecular weight excluding hydrogens is 225 g/mol. The monoisotopic (exact) mass is 241 g/mol. The zero-order chi connectivity index (χ0) is 13.2. The lowest BCUT2D eigenvalue weighted by Crippen LogP contribution is -2.34. The molecule has 0 saturated heterocycles. The van der Waals surface area contributed by atoms with E-state index >= 15 is 0 Å². The van der Waals surface area contributed by atoms with Gasteiger partial charge < -0.3 is 15.6 Å². The molecule has 0 bridgehead atoms. The van der Waals surface area contributed by atoms with Crippen molar-refractivity contribution in [3.63, 3.8) is 0 Å². The molecule has 0 aromatic heterocycles. The van der Waals surface area contributed by atoms with Crippen LogP contribution >= 0.6 is 0 Å². The van der Waals surface area contributed by atoms with Crippen molar-refractivity contribution in [2.45, 2.75) is 25.8 Å². The second-order valence-electron chi connectivity index (χ2n) is 4.63. The number of phenols is 1. The number of carbonyl (C=O) groups is 1. The highest BCUT2D eigenvalue weighted by Crippen LogP contribution is 2.25. The number of carbonyl (C=O) groups excluding carboxylic acids is 1. The number of halogens is 1. The summed E-state index contributed by atoms with van der Waals surface area (Å²) in [5.74, 6) is -2.33. The fourth-order valence-electron chi connectivity index (χ4n) is 1.55. The molecule has 17 heavy (non-hydrogen) atoms. The average Bonchev–Trinajstić information content (AvgIpc) is 2.19. The number of ether oxygens (including phenoxy) is 1. The van der Waals surface area contributed by atoms with Gasteiger partial charge in [0.25, 0.3) is 0 Å². The maximum Gasteiger partial charge on any atom is 0.341 e. The van der Waals surface area contributed by atoms with E-state index in [4.69, 9.17) is 5.73 Å². The average molecular weight is 241 g/mol. The van der Waals surface area contributed by atoms with Gasteiger partial charge in [0, 0.05) is 5.54 Å². The van der Waals surface area contributed by atoms with Gasteiger partial charge in [-0.25, -0.2) is 9.18 Å². The number of aromatic hydroxyl groups is 1. The summed E-state index contributed by atoms with van der Waals surface area (Å²) >= 11 is 0. The number of hydrogen-bond acceptors (Lipinski definition) is 4. The van der Waals surface area contributed by atoms with Crippen molar-refractivity contribution in [2.24, 2.45) is 5.73 Å². The van der Waals surface area contributed by atoms with E-state index in [9.17, 15) is 14.3 Å². The van der Waals surface area contributed by atoms with Crippen LogP contribution < -0.4 is 5.73 Å². The van der Waals surface area contributed by atoms with Crippen LogP contribution in [0.5, 0.6) is 5.75 Å². The van der Waals surface area contributed by atoms with Crippen molar-refractivity contribution >= 4 is 5.97 Å². The van der Waals surface area contributed by atoms with Crippen LogP contribution in [-0.2, 0) is 11.2 Å². The number of methoxy groups -OCH3 is 1.